The van der Waals surface area contributed by atoms with Crippen molar-refractivity contribution in [2.75, 3.05) is 13.0 Å². The largest absolute Gasteiger partial charge is 0.496 e. The molecule has 0 saturated carbocycles. The molecular formula is C14H21ClO. The lowest BCUT2D eigenvalue weighted by Gasteiger charge is -2.20. The van der Waals surface area contributed by atoms with Gasteiger partial charge in [-0.25, -0.2) is 0 Å². The predicted octanol–water partition coefficient (Wildman–Crippen LogP) is 4.35. The monoisotopic (exact) mass is 240 g/mol. The van der Waals surface area contributed by atoms with E-state index in [0.717, 1.165) is 12.2 Å². The highest BCUT2D eigenvalue weighted by Gasteiger charge is 2.15. The second kappa shape index (κ2) is 5.58. The molecule has 0 radical (unpaired) electrons. The van der Waals surface area contributed by atoms with E-state index in [1.54, 1.807) is 7.11 Å². The lowest BCUT2D eigenvalue weighted by Crippen LogP contribution is -2.04. The Balaban J connectivity index is 3.24. The van der Waals surface area contributed by atoms with Gasteiger partial charge in [0.1, 0.15) is 5.75 Å². The van der Waals surface area contributed by atoms with E-state index in [0.29, 0.717) is 11.8 Å². The van der Waals surface area contributed by atoms with Gasteiger partial charge in [-0.3, -0.25) is 0 Å². The number of hydrogen-bond donors (Lipinski definition) is 0. The maximum absolute atomic E-state index is 5.82. The van der Waals surface area contributed by atoms with Crippen LogP contribution in [0.4, 0.5) is 0 Å². The van der Waals surface area contributed by atoms with Crippen molar-refractivity contribution in [1.82, 2.24) is 0 Å². The fourth-order valence-corrected chi connectivity index (χ4v) is 2.67. The number of rotatable bonds is 4. The van der Waals surface area contributed by atoms with Crippen LogP contribution < -0.4 is 4.74 Å². The van der Waals surface area contributed by atoms with Gasteiger partial charge >= 0.3 is 0 Å². The Labute approximate surface area is 104 Å². The Hall–Kier alpha value is -0.690. The molecule has 1 aromatic carbocycles. The summed E-state index contributed by atoms with van der Waals surface area (Å²) in [7, 11) is 1.73. The minimum atomic E-state index is 0.516. The first-order valence-corrected chi connectivity index (χ1v) is 6.27. The molecule has 1 unspecified atom stereocenters. The molecule has 0 amide bonds. The number of ether oxygens (including phenoxy) is 1. The van der Waals surface area contributed by atoms with Gasteiger partial charge in [-0.2, -0.15) is 0 Å². The number of methoxy groups -OCH3 is 1. The molecule has 90 valence electrons. The SMILES string of the molecule is COc1cc(C)c(C(C)CCCl)c(C)c1C. The Morgan fingerprint density at radius 3 is 2.38 bits per heavy atom. The first-order valence-electron chi connectivity index (χ1n) is 5.73. The average molecular weight is 241 g/mol. The van der Waals surface area contributed by atoms with E-state index in [9.17, 15) is 0 Å². The molecule has 16 heavy (non-hydrogen) atoms. The molecule has 0 aromatic heterocycles. The van der Waals surface area contributed by atoms with E-state index < -0.39 is 0 Å². The minimum absolute atomic E-state index is 0.516. The van der Waals surface area contributed by atoms with Crippen LogP contribution in [0, 0.1) is 20.8 Å². The number of aryl methyl sites for hydroxylation is 1. The first kappa shape index (κ1) is 13.4. The van der Waals surface area contributed by atoms with Gasteiger partial charge in [0, 0.05) is 5.88 Å². The van der Waals surface area contributed by atoms with Crippen molar-refractivity contribution in [3.8, 4) is 5.75 Å². The summed E-state index contributed by atoms with van der Waals surface area (Å²) in [5, 5.41) is 0. The van der Waals surface area contributed by atoms with Crippen LogP contribution in [0.2, 0.25) is 0 Å². The van der Waals surface area contributed by atoms with Crippen molar-refractivity contribution >= 4 is 11.6 Å². The zero-order valence-electron chi connectivity index (χ0n) is 10.9. The van der Waals surface area contributed by atoms with Crippen LogP contribution in [-0.4, -0.2) is 13.0 Å². The van der Waals surface area contributed by atoms with E-state index in [1.165, 1.54) is 22.3 Å². The zero-order chi connectivity index (χ0) is 12.3. The van der Waals surface area contributed by atoms with Crippen molar-refractivity contribution < 1.29 is 4.74 Å². The molecule has 0 aliphatic rings. The highest BCUT2D eigenvalue weighted by molar-refractivity contribution is 6.17. The maximum Gasteiger partial charge on any atom is 0.122 e. The summed E-state index contributed by atoms with van der Waals surface area (Å²) < 4.78 is 5.38. The fourth-order valence-electron chi connectivity index (χ4n) is 2.34. The van der Waals surface area contributed by atoms with E-state index in [1.807, 2.05) is 0 Å². The Morgan fingerprint density at radius 1 is 1.25 bits per heavy atom. The summed E-state index contributed by atoms with van der Waals surface area (Å²) in [6, 6.07) is 2.13. The number of halogens is 1. The molecule has 1 nitrogen and oxygen atoms in total. The van der Waals surface area contributed by atoms with E-state index in [4.69, 9.17) is 16.3 Å². The fraction of sp³-hybridized carbons (Fsp3) is 0.571. The van der Waals surface area contributed by atoms with Crippen LogP contribution in [0.3, 0.4) is 0 Å². The standard InChI is InChI=1S/C14H21ClO/c1-9(6-7-15)14-10(2)8-13(16-5)11(3)12(14)4/h8-9H,6-7H2,1-5H3. The van der Waals surface area contributed by atoms with Gasteiger partial charge in [0.25, 0.3) is 0 Å². The molecule has 0 heterocycles. The molecule has 0 fully saturated rings. The summed E-state index contributed by atoms with van der Waals surface area (Å²) in [5.74, 6) is 2.21. The van der Waals surface area contributed by atoms with E-state index >= 15 is 0 Å². The van der Waals surface area contributed by atoms with Crippen molar-refractivity contribution in [2.45, 2.75) is 40.0 Å². The predicted molar refractivity (Wildman–Crippen MR) is 71.0 cm³/mol. The highest BCUT2D eigenvalue weighted by atomic mass is 35.5. The van der Waals surface area contributed by atoms with E-state index in [2.05, 4.69) is 33.8 Å². The second-order valence-electron chi connectivity index (χ2n) is 4.44. The summed E-state index contributed by atoms with van der Waals surface area (Å²) >= 11 is 5.82. The van der Waals surface area contributed by atoms with Crippen molar-refractivity contribution in [3.05, 3.63) is 28.3 Å². The molecule has 0 spiro atoms. The van der Waals surface area contributed by atoms with Gasteiger partial charge < -0.3 is 4.74 Å². The first-order chi connectivity index (χ1) is 7.52. The zero-order valence-corrected chi connectivity index (χ0v) is 11.6. The van der Waals surface area contributed by atoms with Crippen LogP contribution >= 0.6 is 11.6 Å². The van der Waals surface area contributed by atoms with Gasteiger partial charge in [0.15, 0.2) is 0 Å². The van der Waals surface area contributed by atoms with Crippen LogP contribution in [0.5, 0.6) is 5.75 Å². The molecule has 0 aliphatic carbocycles. The quantitative estimate of drug-likeness (QED) is 0.711. The van der Waals surface area contributed by atoms with Gasteiger partial charge in [-0.15, -0.1) is 11.6 Å². The Bertz CT molecular complexity index is 371. The van der Waals surface area contributed by atoms with Crippen LogP contribution in [0.25, 0.3) is 0 Å². The lowest BCUT2D eigenvalue weighted by atomic mass is 9.87. The van der Waals surface area contributed by atoms with Gasteiger partial charge in [-0.05, 0) is 61.4 Å². The van der Waals surface area contributed by atoms with Gasteiger partial charge in [-0.1, -0.05) is 6.92 Å². The van der Waals surface area contributed by atoms with Gasteiger partial charge in [0.05, 0.1) is 7.11 Å². The summed E-state index contributed by atoms with van der Waals surface area (Å²) in [5.41, 5.74) is 5.32. The molecule has 0 N–H and O–H groups in total. The van der Waals surface area contributed by atoms with Gasteiger partial charge in [0.2, 0.25) is 0 Å². The summed E-state index contributed by atoms with van der Waals surface area (Å²) in [6.45, 7) is 8.67. The second-order valence-corrected chi connectivity index (χ2v) is 4.82. The van der Waals surface area contributed by atoms with Crippen LogP contribution in [0.15, 0.2) is 6.07 Å². The molecular weight excluding hydrogens is 220 g/mol. The number of alkyl halides is 1. The third-order valence-electron chi connectivity index (χ3n) is 3.36. The molecule has 1 aromatic rings. The smallest absolute Gasteiger partial charge is 0.122 e. The highest BCUT2D eigenvalue weighted by Crippen LogP contribution is 2.33. The third-order valence-corrected chi connectivity index (χ3v) is 3.58. The van der Waals surface area contributed by atoms with Crippen molar-refractivity contribution in [3.63, 3.8) is 0 Å². The number of hydrogen-bond acceptors (Lipinski definition) is 1. The normalized spacial score (nSPS) is 12.6. The van der Waals surface area contributed by atoms with Crippen LogP contribution in [0.1, 0.15) is 41.5 Å². The van der Waals surface area contributed by atoms with Crippen molar-refractivity contribution in [2.24, 2.45) is 0 Å². The molecule has 0 bridgehead atoms. The molecule has 1 atom stereocenters. The Kier molecular flexibility index (Phi) is 4.67. The van der Waals surface area contributed by atoms with E-state index in [-0.39, 0.29) is 0 Å². The summed E-state index contributed by atoms with van der Waals surface area (Å²) in [6.07, 6.45) is 1.02. The molecule has 2 heteroatoms. The third kappa shape index (κ3) is 2.52. The molecule has 0 saturated heterocycles. The van der Waals surface area contributed by atoms with Crippen LogP contribution in [-0.2, 0) is 0 Å². The Morgan fingerprint density at radius 2 is 1.88 bits per heavy atom. The number of benzene rings is 1. The average Bonchev–Trinajstić information content (AvgIpc) is 2.24. The maximum atomic E-state index is 5.82. The topological polar surface area (TPSA) is 9.23 Å². The lowest BCUT2D eigenvalue weighted by molar-refractivity contribution is 0.410. The molecule has 1 rings (SSSR count). The minimum Gasteiger partial charge on any atom is -0.496 e. The van der Waals surface area contributed by atoms with Crippen molar-refractivity contribution in [1.29, 1.82) is 0 Å². The molecule has 0 aliphatic heterocycles. The summed E-state index contributed by atoms with van der Waals surface area (Å²) in [4.78, 5) is 0.